The Labute approximate surface area is 119 Å². The maximum atomic E-state index is 11.4. The van der Waals surface area contributed by atoms with E-state index in [2.05, 4.69) is 0 Å². The van der Waals surface area contributed by atoms with Crippen LogP contribution in [0.3, 0.4) is 0 Å². The van der Waals surface area contributed by atoms with Crippen LogP contribution in [0, 0.1) is 0 Å². The van der Waals surface area contributed by atoms with Gasteiger partial charge in [0.15, 0.2) is 0 Å². The summed E-state index contributed by atoms with van der Waals surface area (Å²) in [6.07, 6.45) is 5.64. The predicted molar refractivity (Wildman–Crippen MR) is 79.1 cm³/mol. The molecule has 0 unspecified atom stereocenters. The van der Waals surface area contributed by atoms with E-state index >= 15 is 0 Å². The molecule has 5 heteroatoms. The van der Waals surface area contributed by atoms with Gasteiger partial charge in [-0.2, -0.15) is 0 Å². The molecule has 2 rings (SSSR count). The summed E-state index contributed by atoms with van der Waals surface area (Å²) in [5.74, 6) is -0.981. The van der Waals surface area contributed by atoms with Crippen LogP contribution >= 0.6 is 0 Å². The van der Waals surface area contributed by atoms with Gasteiger partial charge in [0, 0.05) is 18.3 Å². The van der Waals surface area contributed by atoms with E-state index in [9.17, 15) is 15.0 Å². The molecule has 0 atom stereocenters. The smallest absolute Gasteiger partial charge is 0.337 e. The number of nitrogens with two attached hydrogens (primary N) is 1. The Balaban J connectivity index is 2.35. The average molecular weight is 278 g/mol. The Morgan fingerprint density at radius 3 is 2.60 bits per heavy atom. The molecule has 1 aliphatic rings. The molecule has 1 aliphatic carbocycles. The van der Waals surface area contributed by atoms with Gasteiger partial charge in [-0.25, -0.2) is 4.79 Å². The molecule has 1 aromatic rings. The van der Waals surface area contributed by atoms with Crippen LogP contribution < -0.4 is 10.6 Å². The van der Waals surface area contributed by atoms with Crippen LogP contribution in [0.4, 0.5) is 11.4 Å². The minimum Gasteiger partial charge on any atom is -0.478 e. The first-order chi connectivity index (χ1) is 9.63. The predicted octanol–water partition coefficient (Wildman–Crippen LogP) is 2.10. The van der Waals surface area contributed by atoms with Crippen LogP contribution in [-0.4, -0.2) is 35.4 Å². The number of benzene rings is 1. The second-order valence-electron chi connectivity index (χ2n) is 5.29. The Bertz CT molecular complexity index is 470. The Morgan fingerprint density at radius 2 is 2.00 bits per heavy atom. The zero-order valence-electron chi connectivity index (χ0n) is 11.6. The fourth-order valence-corrected chi connectivity index (χ4v) is 2.98. The quantitative estimate of drug-likeness (QED) is 0.718. The fraction of sp³-hybridized carbons (Fsp3) is 0.533. The molecule has 110 valence electrons. The van der Waals surface area contributed by atoms with Crippen molar-refractivity contribution in [3.8, 4) is 0 Å². The summed E-state index contributed by atoms with van der Waals surface area (Å²) in [5, 5.41) is 18.7. The number of carboxylic acid groups (broad SMARTS) is 1. The Morgan fingerprint density at radius 1 is 1.30 bits per heavy atom. The van der Waals surface area contributed by atoms with E-state index < -0.39 is 5.97 Å². The molecule has 0 radical (unpaired) electrons. The standard InChI is InChI=1S/C15H22N2O3/c16-11-6-7-14(13(10-11)15(19)20)17(8-9-18)12-4-2-1-3-5-12/h6-7,10,12,18H,1-5,8-9,16H2,(H,19,20). The zero-order chi connectivity index (χ0) is 14.5. The third kappa shape index (κ3) is 3.22. The highest BCUT2D eigenvalue weighted by atomic mass is 16.4. The number of rotatable bonds is 5. The van der Waals surface area contributed by atoms with E-state index in [1.54, 1.807) is 12.1 Å². The molecule has 0 bridgehead atoms. The maximum absolute atomic E-state index is 11.4. The molecular formula is C15H22N2O3. The van der Waals surface area contributed by atoms with E-state index in [1.165, 1.54) is 12.5 Å². The van der Waals surface area contributed by atoms with Gasteiger partial charge < -0.3 is 20.8 Å². The third-order valence-electron chi connectivity index (χ3n) is 3.92. The van der Waals surface area contributed by atoms with Gasteiger partial charge in [0.1, 0.15) is 0 Å². The van der Waals surface area contributed by atoms with E-state index in [0.717, 1.165) is 25.7 Å². The highest BCUT2D eigenvalue weighted by Gasteiger charge is 2.24. The number of aliphatic hydroxyl groups excluding tert-OH is 1. The van der Waals surface area contributed by atoms with Crippen molar-refractivity contribution in [3.05, 3.63) is 23.8 Å². The van der Waals surface area contributed by atoms with Crippen molar-refractivity contribution in [2.45, 2.75) is 38.1 Å². The van der Waals surface area contributed by atoms with E-state index in [-0.39, 0.29) is 12.2 Å². The molecule has 0 heterocycles. The molecule has 1 fully saturated rings. The first kappa shape index (κ1) is 14.7. The van der Waals surface area contributed by atoms with Gasteiger partial charge in [0.25, 0.3) is 0 Å². The summed E-state index contributed by atoms with van der Waals surface area (Å²) in [7, 11) is 0. The van der Waals surface area contributed by atoms with Gasteiger partial charge in [-0.05, 0) is 31.0 Å². The van der Waals surface area contributed by atoms with Gasteiger partial charge in [-0.3, -0.25) is 0 Å². The van der Waals surface area contributed by atoms with Crippen LogP contribution in [0.15, 0.2) is 18.2 Å². The van der Waals surface area contributed by atoms with Gasteiger partial charge in [-0.1, -0.05) is 19.3 Å². The number of anilines is 2. The summed E-state index contributed by atoms with van der Waals surface area (Å²) in [6, 6.07) is 5.26. The number of hydrogen-bond donors (Lipinski definition) is 3. The maximum Gasteiger partial charge on any atom is 0.337 e. The molecular weight excluding hydrogens is 256 g/mol. The zero-order valence-corrected chi connectivity index (χ0v) is 11.6. The minimum absolute atomic E-state index is 0.0138. The number of aliphatic hydroxyl groups is 1. The van der Waals surface area contributed by atoms with E-state index in [1.807, 2.05) is 4.90 Å². The minimum atomic E-state index is -0.981. The average Bonchev–Trinajstić information content (AvgIpc) is 2.46. The molecule has 1 saturated carbocycles. The Hall–Kier alpha value is -1.75. The van der Waals surface area contributed by atoms with Crippen molar-refractivity contribution in [1.82, 2.24) is 0 Å². The third-order valence-corrected chi connectivity index (χ3v) is 3.92. The molecule has 0 aliphatic heterocycles. The molecule has 0 saturated heterocycles. The molecule has 4 N–H and O–H groups in total. The lowest BCUT2D eigenvalue weighted by Gasteiger charge is -2.36. The molecule has 0 spiro atoms. The second kappa shape index (κ2) is 6.61. The van der Waals surface area contributed by atoms with Crippen LogP contribution in [0.25, 0.3) is 0 Å². The normalized spacial score (nSPS) is 16.1. The van der Waals surface area contributed by atoms with Crippen molar-refractivity contribution >= 4 is 17.3 Å². The van der Waals surface area contributed by atoms with Crippen molar-refractivity contribution in [2.24, 2.45) is 0 Å². The first-order valence-corrected chi connectivity index (χ1v) is 7.14. The van der Waals surface area contributed by atoms with Crippen LogP contribution in [0.5, 0.6) is 0 Å². The fourth-order valence-electron chi connectivity index (χ4n) is 2.98. The lowest BCUT2D eigenvalue weighted by atomic mass is 9.93. The lowest BCUT2D eigenvalue weighted by Crippen LogP contribution is -2.39. The monoisotopic (exact) mass is 278 g/mol. The topological polar surface area (TPSA) is 86.8 Å². The summed E-state index contributed by atoms with van der Waals surface area (Å²) in [5.41, 5.74) is 7.00. The van der Waals surface area contributed by atoms with Crippen molar-refractivity contribution in [2.75, 3.05) is 23.8 Å². The number of carbonyl (C=O) groups is 1. The van der Waals surface area contributed by atoms with Gasteiger partial charge in [0.05, 0.1) is 17.9 Å². The molecule has 1 aromatic carbocycles. The summed E-state index contributed by atoms with van der Waals surface area (Å²) in [6.45, 7) is 0.467. The number of nitrogen functional groups attached to an aromatic ring is 1. The van der Waals surface area contributed by atoms with Crippen molar-refractivity contribution < 1.29 is 15.0 Å². The van der Waals surface area contributed by atoms with Gasteiger partial charge in [0.2, 0.25) is 0 Å². The van der Waals surface area contributed by atoms with Crippen LogP contribution in [0.2, 0.25) is 0 Å². The lowest BCUT2D eigenvalue weighted by molar-refractivity contribution is 0.0697. The van der Waals surface area contributed by atoms with Crippen molar-refractivity contribution in [3.63, 3.8) is 0 Å². The number of hydrogen-bond acceptors (Lipinski definition) is 4. The molecule has 0 amide bonds. The molecule has 20 heavy (non-hydrogen) atoms. The van der Waals surface area contributed by atoms with E-state index in [0.29, 0.717) is 24.0 Å². The second-order valence-corrected chi connectivity index (χ2v) is 5.29. The van der Waals surface area contributed by atoms with Gasteiger partial charge in [-0.15, -0.1) is 0 Å². The highest BCUT2D eigenvalue weighted by molar-refractivity contribution is 5.95. The highest BCUT2D eigenvalue weighted by Crippen LogP contribution is 2.30. The SMILES string of the molecule is Nc1ccc(N(CCO)C2CCCCC2)c(C(=O)O)c1. The molecule has 0 aromatic heterocycles. The van der Waals surface area contributed by atoms with Crippen LogP contribution in [-0.2, 0) is 0 Å². The summed E-state index contributed by atoms with van der Waals surface area (Å²) < 4.78 is 0. The molecule has 5 nitrogen and oxygen atoms in total. The van der Waals surface area contributed by atoms with Crippen molar-refractivity contribution in [1.29, 1.82) is 0 Å². The van der Waals surface area contributed by atoms with Crippen LogP contribution in [0.1, 0.15) is 42.5 Å². The first-order valence-electron chi connectivity index (χ1n) is 7.14. The summed E-state index contributed by atoms with van der Waals surface area (Å²) in [4.78, 5) is 13.5. The largest absolute Gasteiger partial charge is 0.478 e. The number of carboxylic acids is 1. The number of nitrogens with zero attached hydrogens (tertiary/aromatic N) is 1. The van der Waals surface area contributed by atoms with Gasteiger partial charge >= 0.3 is 5.97 Å². The summed E-state index contributed by atoms with van der Waals surface area (Å²) >= 11 is 0. The van der Waals surface area contributed by atoms with E-state index in [4.69, 9.17) is 5.73 Å². The number of aromatic carboxylic acids is 1. The Kier molecular flexibility index (Phi) is 4.84.